The van der Waals surface area contributed by atoms with Crippen LogP contribution in [0.1, 0.15) is 35.9 Å². The Hall–Kier alpha value is -1.56. The first-order valence-electron chi connectivity index (χ1n) is 6.69. The molecule has 0 unspecified atom stereocenters. The molecule has 0 bridgehead atoms. The maximum atomic E-state index is 12.1. The van der Waals surface area contributed by atoms with Gasteiger partial charge in [0.25, 0.3) is 0 Å². The Balaban J connectivity index is 1.97. The van der Waals surface area contributed by atoms with Crippen LogP contribution in [0.25, 0.3) is 0 Å². The van der Waals surface area contributed by atoms with E-state index in [1.807, 2.05) is 6.92 Å². The lowest BCUT2D eigenvalue weighted by Crippen LogP contribution is -2.23. The van der Waals surface area contributed by atoms with E-state index >= 15 is 0 Å². The molecule has 1 aliphatic heterocycles. The van der Waals surface area contributed by atoms with Gasteiger partial charge in [-0.15, -0.1) is 0 Å². The van der Waals surface area contributed by atoms with E-state index in [-0.39, 0.29) is 0 Å². The molecule has 0 radical (unpaired) electrons. The monoisotopic (exact) mass is 267 g/mol. The van der Waals surface area contributed by atoms with Crippen molar-refractivity contribution in [3.05, 3.63) is 11.4 Å². The van der Waals surface area contributed by atoms with E-state index in [2.05, 4.69) is 5.10 Å². The molecule has 2 heterocycles. The molecule has 2 N–H and O–H groups in total. The predicted octanol–water partition coefficient (Wildman–Crippen LogP) is 1.15. The van der Waals surface area contributed by atoms with Gasteiger partial charge >= 0.3 is 5.97 Å². The van der Waals surface area contributed by atoms with Crippen molar-refractivity contribution in [3.8, 4) is 0 Å². The molecule has 1 aromatic rings. The summed E-state index contributed by atoms with van der Waals surface area (Å²) in [5.41, 5.74) is 7.44. The third kappa shape index (κ3) is 3.07. The predicted molar refractivity (Wildman–Crippen MR) is 70.8 cm³/mol. The van der Waals surface area contributed by atoms with Crippen LogP contribution in [0.3, 0.4) is 0 Å². The van der Waals surface area contributed by atoms with Gasteiger partial charge in [0.05, 0.1) is 18.0 Å². The molecule has 1 aromatic heterocycles. The highest BCUT2D eigenvalue weighted by Gasteiger charge is 2.22. The van der Waals surface area contributed by atoms with Gasteiger partial charge in [-0.05, 0) is 25.2 Å². The van der Waals surface area contributed by atoms with Gasteiger partial charge in [0.2, 0.25) is 0 Å². The van der Waals surface area contributed by atoms with E-state index in [1.54, 1.807) is 7.05 Å². The molecule has 1 saturated heterocycles. The number of carbonyl (C=O) groups is 1. The molecule has 0 atom stereocenters. The van der Waals surface area contributed by atoms with Crippen LogP contribution >= 0.6 is 0 Å². The van der Waals surface area contributed by atoms with Gasteiger partial charge < -0.3 is 15.2 Å². The lowest BCUT2D eigenvalue weighted by molar-refractivity contribution is 0.0179. The number of rotatable bonds is 4. The van der Waals surface area contributed by atoms with Crippen LogP contribution in [0, 0.1) is 5.92 Å². The fourth-order valence-electron chi connectivity index (χ4n) is 2.27. The zero-order valence-corrected chi connectivity index (χ0v) is 11.5. The Morgan fingerprint density at radius 3 is 2.79 bits per heavy atom. The Bertz CT molecular complexity index is 450. The molecule has 2 rings (SSSR count). The van der Waals surface area contributed by atoms with Crippen LogP contribution in [-0.4, -0.2) is 35.6 Å². The number of nitrogen functional groups attached to an aromatic ring is 1. The molecular weight excluding hydrogens is 246 g/mol. The summed E-state index contributed by atoms with van der Waals surface area (Å²) in [7, 11) is 1.71. The molecule has 1 aliphatic rings. The Labute approximate surface area is 112 Å². The summed E-state index contributed by atoms with van der Waals surface area (Å²) in [6, 6.07) is 0. The summed E-state index contributed by atoms with van der Waals surface area (Å²) < 4.78 is 12.1. The highest BCUT2D eigenvalue weighted by molar-refractivity contribution is 5.93. The molecule has 0 spiro atoms. The fourth-order valence-corrected chi connectivity index (χ4v) is 2.27. The zero-order valence-electron chi connectivity index (χ0n) is 11.5. The first kappa shape index (κ1) is 13.9. The summed E-state index contributed by atoms with van der Waals surface area (Å²) in [6.45, 7) is 3.87. The van der Waals surface area contributed by atoms with Gasteiger partial charge in [0, 0.05) is 20.3 Å². The molecular formula is C13H21N3O3. The second-order valence-corrected chi connectivity index (χ2v) is 4.84. The third-order valence-electron chi connectivity index (χ3n) is 3.48. The van der Waals surface area contributed by atoms with Crippen molar-refractivity contribution in [2.45, 2.75) is 26.2 Å². The number of nitrogens with two attached hydrogens (primary N) is 1. The average molecular weight is 267 g/mol. The van der Waals surface area contributed by atoms with E-state index in [1.165, 1.54) is 4.68 Å². The Morgan fingerprint density at radius 1 is 1.53 bits per heavy atom. The second kappa shape index (κ2) is 6.06. The van der Waals surface area contributed by atoms with Crippen LogP contribution in [0.2, 0.25) is 0 Å². The minimum absolute atomic E-state index is 0.351. The van der Waals surface area contributed by atoms with Crippen molar-refractivity contribution in [1.82, 2.24) is 9.78 Å². The summed E-state index contributed by atoms with van der Waals surface area (Å²) in [4.78, 5) is 12.1. The first-order chi connectivity index (χ1) is 9.13. The number of hydrogen-bond acceptors (Lipinski definition) is 5. The number of aryl methyl sites for hydroxylation is 2. The summed E-state index contributed by atoms with van der Waals surface area (Å²) in [5.74, 6) is -0.00325. The molecule has 6 nitrogen and oxygen atoms in total. The maximum Gasteiger partial charge on any atom is 0.358 e. The highest BCUT2D eigenvalue weighted by Crippen LogP contribution is 2.20. The smallest absolute Gasteiger partial charge is 0.358 e. The third-order valence-corrected chi connectivity index (χ3v) is 3.48. The number of ether oxygens (including phenoxy) is 2. The quantitative estimate of drug-likeness (QED) is 0.828. The van der Waals surface area contributed by atoms with E-state index in [0.717, 1.165) is 31.7 Å². The summed E-state index contributed by atoms with van der Waals surface area (Å²) >= 11 is 0. The van der Waals surface area contributed by atoms with Gasteiger partial charge in [0.1, 0.15) is 0 Å². The van der Waals surface area contributed by atoms with Crippen LogP contribution in [0.15, 0.2) is 0 Å². The van der Waals surface area contributed by atoms with Crippen LogP contribution in [-0.2, 0) is 22.9 Å². The number of hydrogen-bond donors (Lipinski definition) is 1. The first-order valence-corrected chi connectivity index (χ1v) is 6.69. The van der Waals surface area contributed by atoms with Crippen molar-refractivity contribution in [2.75, 3.05) is 25.6 Å². The Morgan fingerprint density at radius 2 is 2.21 bits per heavy atom. The highest BCUT2D eigenvalue weighted by atomic mass is 16.5. The maximum absolute atomic E-state index is 12.1. The largest absolute Gasteiger partial charge is 0.461 e. The molecule has 0 amide bonds. The van der Waals surface area contributed by atoms with Gasteiger partial charge in [-0.2, -0.15) is 5.10 Å². The molecule has 0 aliphatic carbocycles. The summed E-state index contributed by atoms with van der Waals surface area (Å²) in [5, 5.41) is 4.22. The normalized spacial score (nSPS) is 16.5. The molecule has 0 aromatic carbocycles. The lowest BCUT2D eigenvalue weighted by atomic mass is 10.0. The van der Waals surface area contributed by atoms with Crippen molar-refractivity contribution in [1.29, 1.82) is 0 Å². The van der Waals surface area contributed by atoms with E-state index in [0.29, 0.717) is 30.3 Å². The van der Waals surface area contributed by atoms with Crippen molar-refractivity contribution in [3.63, 3.8) is 0 Å². The van der Waals surface area contributed by atoms with Crippen molar-refractivity contribution in [2.24, 2.45) is 13.0 Å². The van der Waals surface area contributed by atoms with Crippen molar-refractivity contribution >= 4 is 11.7 Å². The second-order valence-electron chi connectivity index (χ2n) is 4.84. The van der Waals surface area contributed by atoms with Gasteiger partial charge in [0.15, 0.2) is 5.69 Å². The van der Waals surface area contributed by atoms with Crippen LogP contribution in [0.4, 0.5) is 5.69 Å². The van der Waals surface area contributed by atoms with Crippen LogP contribution in [0.5, 0.6) is 0 Å². The van der Waals surface area contributed by atoms with Gasteiger partial charge in [-0.3, -0.25) is 4.68 Å². The van der Waals surface area contributed by atoms with Crippen molar-refractivity contribution < 1.29 is 14.3 Å². The number of anilines is 1. The molecule has 1 fully saturated rings. The molecule has 6 heteroatoms. The van der Waals surface area contributed by atoms with E-state index in [4.69, 9.17) is 15.2 Å². The van der Waals surface area contributed by atoms with Crippen LogP contribution < -0.4 is 5.73 Å². The zero-order chi connectivity index (χ0) is 13.8. The number of carbonyl (C=O) groups excluding carboxylic acids is 1. The molecule has 106 valence electrons. The lowest BCUT2D eigenvalue weighted by Gasteiger charge is -2.21. The van der Waals surface area contributed by atoms with E-state index in [9.17, 15) is 4.79 Å². The van der Waals surface area contributed by atoms with Gasteiger partial charge in [-0.25, -0.2) is 4.79 Å². The topological polar surface area (TPSA) is 79.4 Å². The molecule has 19 heavy (non-hydrogen) atoms. The number of aromatic nitrogens is 2. The summed E-state index contributed by atoms with van der Waals surface area (Å²) in [6.07, 6.45) is 2.58. The standard InChI is InChI=1S/C13H21N3O3/c1-3-10-11(14)12(16(2)15-10)13(17)19-8-9-4-6-18-7-5-9/h9H,3-8,14H2,1-2H3. The average Bonchev–Trinajstić information content (AvgIpc) is 2.72. The van der Waals surface area contributed by atoms with E-state index < -0.39 is 5.97 Å². The Kier molecular flexibility index (Phi) is 4.42. The number of esters is 1. The SMILES string of the molecule is CCc1nn(C)c(C(=O)OCC2CCOCC2)c1N. The molecule has 0 saturated carbocycles. The number of nitrogens with zero attached hydrogens (tertiary/aromatic N) is 2. The fraction of sp³-hybridized carbons (Fsp3) is 0.692. The minimum atomic E-state index is -0.390. The minimum Gasteiger partial charge on any atom is -0.461 e. The van der Waals surface area contributed by atoms with Gasteiger partial charge in [-0.1, -0.05) is 6.92 Å².